The maximum atomic E-state index is 12.6. The Morgan fingerprint density at radius 1 is 1.14 bits per heavy atom. The van der Waals surface area contributed by atoms with Crippen molar-refractivity contribution in [1.29, 1.82) is 0 Å². The average Bonchev–Trinajstić information content (AvgIpc) is 2.54. The number of carbonyl (C=O) groups excluding carboxylic acids is 2. The monoisotopic (exact) mass is 296 g/mol. The SMILES string of the molecule is CCNC(=O)N1CCN(C(=O)C2CC(CC)CCN2)CC1. The number of hydrogen-bond acceptors (Lipinski definition) is 3. The summed E-state index contributed by atoms with van der Waals surface area (Å²) in [4.78, 5) is 28.0. The Morgan fingerprint density at radius 2 is 1.81 bits per heavy atom. The van der Waals surface area contributed by atoms with E-state index in [1.807, 2.05) is 11.8 Å². The van der Waals surface area contributed by atoms with Crippen LogP contribution in [0.5, 0.6) is 0 Å². The first kappa shape index (κ1) is 16.1. The Balaban J connectivity index is 1.81. The minimum atomic E-state index is -0.0280. The van der Waals surface area contributed by atoms with Crippen molar-refractivity contribution in [2.24, 2.45) is 5.92 Å². The molecule has 0 spiro atoms. The van der Waals surface area contributed by atoms with Gasteiger partial charge in [-0.1, -0.05) is 13.3 Å². The summed E-state index contributed by atoms with van der Waals surface area (Å²) < 4.78 is 0. The third-order valence-corrected chi connectivity index (χ3v) is 4.59. The molecule has 3 amide bonds. The summed E-state index contributed by atoms with van der Waals surface area (Å²) in [6.07, 6.45) is 3.27. The molecule has 0 aliphatic carbocycles. The largest absolute Gasteiger partial charge is 0.338 e. The maximum Gasteiger partial charge on any atom is 0.317 e. The van der Waals surface area contributed by atoms with E-state index < -0.39 is 0 Å². The lowest BCUT2D eigenvalue weighted by molar-refractivity contribution is -0.135. The lowest BCUT2D eigenvalue weighted by Gasteiger charge is -2.38. The quantitative estimate of drug-likeness (QED) is 0.803. The molecule has 6 heteroatoms. The van der Waals surface area contributed by atoms with E-state index in [0.29, 0.717) is 38.6 Å². The van der Waals surface area contributed by atoms with E-state index in [1.165, 1.54) is 6.42 Å². The third kappa shape index (κ3) is 4.09. The predicted molar refractivity (Wildman–Crippen MR) is 82.0 cm³/mol. The summed E-state index contributed by atoms with van der Waals surface area (Å²) in [5.41, 5.74) is 0. The number of rotatable bonds is 3. The topological polar surface area (TPSA) is 64.7 Å². The molecule has 2 aliphatic rings. The van der Waals surface area contributed by atoms with Gasteiger partial charge >= 0.3 is 6.03 Å². The van der Waals surface area contributed by atoms with Crippen LogP contribution in [0.15, 0.2) is 0 Å². The summed E-state index contributed by atoms with van der Waals surface area (Å²) in [5, 5.41) is 6.16. The molecule has 0 aromatic heterocycles. The molecule has 2 aliphatic heterocycles. The van der Waals surface area contributed by atoms with E-state index in [2.05, 4.69) is 17.6 Å². The van der Waals surface area contributed by atoms with Crippen LogP contribution >= 0.6 is 0 Å². The Morgan fingerprint density at radius 3 is 2.43 bits per heavy atom. The van der Waals surface area contributed by atoms with Gasteiger partial charge in [0, 0.05) is 32.7 Å². The predicted octanol–water partition coefficient (Wildman–Crippen LogP) is 0.638. The van der Waals surface area contributed by atoms with E-state index in [0.717, 1.165) is 19.4 Å². The van der Waals surface area contributed by atoms with Gasteiger partial charge in [-0.15, -0.1) is 0 Å². The van der Waals surface area contributed by atoms with Gasteiger partial charge in [0.25, 0.3) is 0 Å². The zero-order chi connectivity index (χ0) is 15.2. The maximum absolute atomic E-state index is 12.6. The molecule has 120 valence electrons. The van der Waals surface area contributed by atoms with E-state index in [-0.39, 0.29) is 18.0 Å². The molecule has 21 heavy (non-hydrogen) atoms. The number of carbonyl (C=O) groups is 2. The fourth-order valence-electron chi connectivity index (χ4n) is 3.17. The van der Waals surface area contributed by atoms with Crippen LogP contribution in [-0.2, 0) is 4.79 Å². The fourth-order valence-corrected chi connectivity index (χ4v) is 3.17. The molecule has 0 saturated carbocycles. The standard InChI is InChI=1S/C15H28N4O2/c1-3-12-5-6-17-13(11-12)14(20)18-7-9-19(10-8-18)15(21)16-4-2/h12-13,17H,3-11H2,1-2H3,(H,16,21). The molecule has 2 saturated heterocycles. The third-order valence-electron chi connectivity index (χ3n) is 4.59. The second kappa shape index (κ2) is 7.64. The molecular formula is C15H28N4O2. The Labute approximate surface area is 127 Å². The Bertz CT molecular complexity index is 367. The molecule has 2 N–H and O–H groups in total. The number of urea groups is 1. The van der Waals surface area contributed by atoms with E-state index in [4.69, 9.17) is 0 Å². The van der Waals surface area contributed by atoms with Crippen LogP contribution in [0, 0.1) is 5.92 Å². The minimum absolute atomic E-state index is 0.0218. The van der Waals surface area contributed by atoms with Crippen LogP contribution < -0.4 is 10.6 Å². The molecule has 0 aromatic carbocycles. The highest BCUT2D eigenvalue weighted by molar-refractivity contribution is 5.82. The van der Waals surface area contributed by atoms with Crippen LogP contribution in [0.2, 0.25) is 0 Å². The molecule has 0 aromatic rings. The van der Waals surface area contributed by atoms with Gasteiger partial charge in [0.1, 0.15) is 0 Å². The first-order chi connectivity index (χ1) is 10.2. The first-order valence-electron chi connectivity index (χ1n) is 8.20. The molecule has 2 atom stereocenters. The van der Waals surface area contributed by atoms with Crippen molar-refractivity contribution in [3.8, 4) is 0 Å². The van der Waals surface area contributed by atoms with Gasteiger partial charge in [0.2, 0.25) is 5.91 Å². The van der Waals surface area contributed by atoms with Crippen molar-refractivity contribution in [2.45, 2.75) is 39.2 Å². The summed E-state index contributed by atoms with van der Waals surface area (Å²) in [7, 11) is 0. The Hall–Kier alpha value is -1.30. The summed E-state index contributed by atoms with van der Waals surface area (Å²) in [6.45, 7) is 8.23. The Kier molecular flexibility index (Phi) is 5.85. The summed E-state index contributed by atoms with van der Waals surface area (Å²) >= 11 is 0. The van der Waals surface area contributed by atoms with Gasteiger partial charge in [0.05, 0.1) is 6.04 Å². The summed E-state index contributed by atoms with van der Waals surface area (Å²) in [5.74, 6) is 0.875. The number of piperazine rings is 1. The highest BCUT2D eigenvalue weighted by Gasteiger charge is 2.31. The second-order valence-corrected chi connectivity index (χ2v) is 5.95. The van der Waals surface area contributed by atoms with Crippen LogP contribution in [-0.4, -0.2) is 67.0 Å². The molecule has 2 fully saturated rings. The lowest BCUT2D eigenvalue weighted by Crippen LogP contribution is -2.57. The molecule has 6 nitrogen and oxygen atoms in total. The van der Waals surface area contributed by atoms with Gasteiger partial charge < -0.3 is 20.4 Å². The number of hydrogen-bond donors (Lipinski definition) is 2. The van der Waals surface area contributed by atoms with E-state index in [1.54, 1.807) is 4.90 Å². The summed E-state index contributed by atoms with van der Waals surface area (Å²) in [6, 6.07) is -0.0499. The molecular weight excluding hydrogens is 268 g/mol. The molecule has 2 rings (SSSR count). The zero-order valence-corrected chi connectivity index (χ0v) is 13.2. The number of amides is 3. The second-order valence-electron chi connectivity index (χ2n) is 5.95. The first-order valence-corrected chi connectivity index (χ1v) is 8.20. The lowest BCUT2D eigenvalue weighted by atomic mass is 9.90. The highest BCUT2D eigenvalue weighted by atomic mass is 16.2. The normalized spacial score (nSPS) is 26.6. The highest BCUT2D eigenvalue weighted by Crippen LogP contribution is 2.20. The van der Waals surface area contributed by atoms with Crippen LogP contribution in [0.4, 0.5) is 4.79 Å². The van der Waals surface area contributed by atoms with Crippen molar-refractivity contribution in [3.05, 3.63) is 0 Å². The van der Waals surface area contributed by atoms with Crippen LogP contribution in [0.1, 0.15) is 33.1 Å². The van der Waals surface area contributed by atoms with E-state index in [9.17, 15) is 9.59 Å². The fraction of sp³-hybridized carbons (Fsp3) is 0.867. The number of nitrogens with one attached hydrogen (secondary N) is 2. The number of nitrogens with zero attached hydrogens (tertiary/aromatic N) is 2. The van der Waals surface area contributed by atoms with Gasteiger partial charge in [-0.25, -0.2) is 4.79 Å². The van der Waals surface area contributed by atoms with Gasteiger partial charge in [-0.2, -0.15) is 0 Å². The molecule has 0 radical (unpaired) electrons. The van der Waals surface area contributed by atoms with Gasteiger partial charge in [-0.3, -0.25) is 4.79 Å². The van der Waals surface area contributed by atoms with Gasteiger partial charge in [0.15, 0.2) is 0 Å². The van der Waals surface area contributed by atoms with Crippen molar-refractivity contribution in [1.82, 2.24) is 20.4 Å². The molecule has 2 unspecified atom stereocenters. The smallest absolute Gasteiger partial charge is 0.317 e. The van der Waals surface area contributed by atoms with Gasteiger partial charge in [-0.05, 0) is 32.2 Å². The minimum Gasteiger partial charge on any atom is -0.338 e. The van der Waals surface area contributed by atoms with Crippen molar-refractivity contribution >= 4 is 11.9 Å². The zero-order valence-electron chi connectivity index (χ0n) is 13.2. The number of piperidine rings is 1. The van der Waals surface area contributed by atoms with Crippen molar-refractivity contribution < 1.29 is 9.59 Å². The molecule has 0 bridgehead atoms. The van der Waals surface area contributed by atoms with Crippen molar-refractivity contribution in [2.75, 3.05) is 39.3 Å². The molecule has 2 heterocycles. The van der Waals surface area contributed by atoms with E-state index >= 15 is 0 Å². The van der Waals surface area contributed by atoms with Crippen LogP contribution in [0.25, 0.3) is 0 Å². The van der Waals surface area contributed by atoms with Crippen molar-refractivity contribution in [3.63, 3.8) is 0 Å². The van der Waals surface area contributed by atoms with Crippen LogP contribution in [0.3, 0.4) is 0 Å². The average molecular weight is 296 g/mol.